The molecule has 2 atom stereocenters. The van der Waals surface area contributed by atoms with Crippen molar-refractivity contribution in [2.75, 3.05) is 34.3 Å². The van der Waals surface area contributed by atoms with Crippen LogP contribution in [0.5, 0.6) is 5.75 Å². The van der Waals surface area contributed by atoms with Gasteiger partial charge in [-0.3, -0.25) is 4.68 Å². The first kappa shape index (κ1) is 18.0. The van der Waals surface area contributed by atoms with Crippen molar-refractivity contribution >= 4 is 0 Å². The number of methoxy groups -OCH3 is 1. The Morgan fingerprint density at radius 2 is 2.00 bits per heavy atom. The van der Waals surface area contributed by atoms with Crippen LogP contribution in [0.1, 0.15) is 39.4 Å². The Kier molecular flexibility index (Phi) is 7.18. The molecule has 1 aromatic rings. The second kappa shape index (κ2) is 8.39. The first-order chi connectivity index (χ1) is 9.92. The van der Waals surface area contributed by atoms with Gasteiger partial charge in [-0.2, -0.15) is 5.10 Å². The number of nitrogens with one attached hydrogen (secondary N) is 1. The topological polar surface area (TPSA) is 42.3 Å². The number of likely N-dealkylation sites (N-methyl/N-ethyl adjacent to an activating group) is 1. The van der Waals surface area contributed by atoms with Gasteiger partial charge < -0.3 is 15.0 Å². The predicted octanol–water partition coefficient (Wildman–Crippen LogP) is 2.40. The number of hydrogen-bond donors (Lipinski definition) is 1. The van der Waals surface area contributed by atoms with E-state index in [1.165, 1.54) is 5.69 Å². The van der Waals surface area contributed by atoms with E-state index in [1.54, 1.807) is 7.11 Å². The van der Waals surface area contributed by atoms with E-state index in [0.717, 1.165) is 25.4 Å². The fraction of sp³-hybridized carbons (Fsp3) is 0.812. The van der Waals surface area contributed by atoms with E-state index in [4.69, 9.17) is 4.74 Å². The van der Waals surface area contributed by atoms with E-state index in [-0.39, 0.29) is 6.04 Å². The molecule has 0 aliphatic carbocycles. The van der Waals surface area contributed by atoms with E-state index in [2.05, 4.69) is 61.8 Å². The van der Waals surface area contributed by atoms with Crippen LogP contribution in [0.2, 0.25) is 0 Å². The van der Waals surface area contributed by atoms with Crippen molar-refractivity contribution < 1.29 is 4.74 Å². The van der Waals surface area contributed by atoms with Crippen molar-refractivity contribution in [3.8, 4) is 5.75 Å². The second-order valence-corrected chi connectivity index (χ2v) is 6.26. The summed E-state index contributed by atoms with van der Waals surface area (Å²) in [6, 6.07) is 0.259. The van der Waals surface area contributed by atoms with Gasteiger partial charge in [-0.25, -0.2) is 0 Å². The van der Waals surface area contributed by atoms with Crippen LogP contribution in [0.3, 0.4) is 0 Å². The van der Waals surface area contributed by atoms with Crippen molar-refractivity contribution in [3.05, 3.63) is 11.9 Å². The normalized spacial score (nSPS) is 14.7. The Labute approximate surface area is 129 Å². The molecule has 2 unspecified atom stereocenters. The van der Waals surface area contributed by atoms with Crippen molar-refractivity contribution in [1.82, 2.24) is 20.0 Å². The lowest BCUT2D eigenvalue weighted by molar-refractivity contribution is 0.278. The van der Waals surface area contributed by atoms with Gasteiger partial charge in [0.25, 0.3) is 0 Å². The molecule has 0 aliphatic heterocycles. The molecule has 0 fully saturated rings. The summed E-state index contributed by atoms with van der Waals surface area (Å²) in [5.41, 5.74) is 1.17. The highest BCUT2D eigenvalue weighted by atomic mass is 16.5. The molecule has 5 heteroatoms. The fourth-order valence-electron chi connectivity index (χ4n) is 2.46. The van der Waals surface area contributed by atoms with Crippen molar-refractivity contribution in [3.63, 3.8) is 0 Å². The zero-order valence-corrected chi connectivity index (χ0v) is 14.7. The highest BCUT2D eigenvalue weighted by molar-refractivity contribution is 5.29. The molecule has 1 rings (SSSR count). The Bertz CT molecular complexity index is 414. The molecule has 0 aliphatic rings. The minimum absolute atomic E-state index is 0.259. The van der Waals surface area contributed by atoms with Gasteiger partial charge >= 0.3 is 0 Å². The third kappa shape index (κ3) is 4.71. The fourth-order valence-corrected chi connectivity index (χ4v) is 2.46. The molecule has 1 N–H and O–H groups in total. The number of aromatic nitrogens is 2. The van der Waals surface area contributed by atoms with Gasteiger partial charge in [-0.15, -0.1) is 0 Å². The van der Waals surface area contributed by atoms with Gasteiger partial charge in [0.05, 0.1) is 31.6 Å². The Morgan fingerprint density at radius 3 is 2.48 bits per heavy atom. The monoisotopic (exact) mass is 296 g/mol. The van der Waals surface area contributed by atoms with E-state index in [9.17, 15) is 0 Å². The quantitative estimate of drug-likeness (QED) is 0.760. The molecule has 1 heterocycles. The van der Waals surface area contributed by atoms with Crippen LogP contribution in [-0.2, 0) is 6.54 Å². The number of rotatable bonds is 9. The number of nitrogens with zero attached hydrogens (tertiary/aromatic N) is 3. The predicted molar refractivity (Wildman–Crippen MR) is 87.8 cm³/mol. The molecular formula is C16H32N4O. The smallest absolute Gasteiger partial charge is 0.161 e. The maximum absolute atomic E-state index is 5.55. The summed E-state index contributed by atoms with van der Waals surface area (Å²) in [6.07, 6.45) is 1.84. The Hall–Kier alpha value is -1.07. The van der Waals surface area contributed by atoms with Crippen LogP contribution >= 0.6 is 0 Å². The third-order valence-electron chi connectivity index (χ3n) is 4.12. The van der Waals surface area contributed by atoms with Crippen LogP contribution in [0.25, 0.3) is 0 Å². The van der Waals surface area contributed by atoms with Crippen molar-refractivity contribution in [2.24, 2.45) is 11.8 Å². The maximum atomic E-state index is 5.55. The average molecular weight is 296 g/mol. The van der Waals surface area contributed by atoms with Gasteiger partial charge in [0.1, 0.15) is 0 Å². The molecule has 0 saturated carbocycles. The molecule has 0 saturated heterocycles. The molecule has 0 radical (unpaired) electrons. The Morgan fingerprint density at radius 1 is 1.33 bits per heavy atom. The first-order valence-corrected chi connectivity index (χ1v) is 7.90. The summed E-state index contributed by atoms with van der Waals surface area (Å²) >= 11 is 0. The summed E-state index contributed by atoms with van der Waals surface area (Å²) in [4.78, 5) is 2.17. The summed E-state index contributed by atoms with van der Waals surface area (Å²) in [5, 5.41) is 8.14. The van der Waals surface area contributed by atoms with E-state index >= 15 is 0 Å². The highest BCUT2D eigenvalue weighted by Crippen LogP contribution is 2.33. The lowest BCUT2D eigenvalue weighted by Gasteiger charge is -2.29. The van der Waals surface area contributed by atoms with Crippen LogP contribution in [0.4, 0.5) is 0 Å². The van der Waals surface area contributed by atoms with E-state index in [1.807, 2.05) is 6.20 Å². The van der Waals surface area contributed by atoms with Crippen LogP contribution in [0, 0.1) is 11.8 Å². The summed E-state index contributed by atoms with van der Waals surface area (Å²) in [7, 11) is 5.89. The SMILES string of the molecule is CCNC(c1c(OC)cnn1CCN(C)C)C(C)C(C)C. The summed E-state index contributed by atoms with van der Waals surface area (Å²) in [6.45, 7) is 11.7. The summed E-state index contributed by atoms with van der Waals surface area (Å²) in [5.74, 6) is 1.98. The van der Waals surface area contributed by atoms with Gasteiger partial charge in [0.15, 0.2) is 5.75 Å². The van der Waals surface area contributed by atoms with Gasteiger partial charge in [-0.1, -0.05) is 27.7 Å². The van der Waals surface area contributed by atoms with E-state index < -0.39 is 0 Å². The first-order valence-electron chi connectivity index (χ1n) is 7.90. The molecule has 0 amide bonds. The summed E-state index contributed by atoms with van der Waals surface area (Å²) < 4.78 is 7.64. The molecule has 21 heavy (non-hydrogen) atoms. The van der Waals surface area contributed by atoms with Crippen LogP contribution < -0.4 is 10.1 Å². The van der Waals surface area contributed by atoms with E-state index in [0.29, 0.717) is 11.8 Å². The second-order valence-electron chi connectivity index (χ2n) is 6.26. The zero-order chi connectivity index (χ0) is 16.0. The maximum Gasteiger partial charge on any atom is 0.161 e. The van der Waals surface area contributed by atoms with Crippen LogP contribution in [-0.4, -0.2) is 49.0 Å². The molecule has 0 aromatic carbocycles. The third-order valence-corrected chi connectivity index (χ3v) is 4.12. The van der Waals surface area contributed by atoms with Crippen molar-refractivity contribution in [2.45, 2.75) is 40.3 Å². The Balaban J connectivity index is 3.11. The molecule has 0 spiro atoms. The molecule has 0 bridgehead atoms. The van der Waals surface area contributed by atoms with Gasteiger partial charge in [0, 0.05) is 6.54 Å². The van der Waals surface area contributed by atoms with Crippen molar-refractivity contribution in [1.29, 1.82) is 0 Å². The average Bonchev–Trinajstić information content (AvgIpc) is 2.84. The molecular weight excluding hydrogens is 264 g/mol. The largest absolute Gasteiger partial charge is 0.493 e. The van der Waals surface area contributed by atoms with Gasteiger partial charge in [0.2, 0.25) is 0 Å². The number of ether oxygens (including phenoxy) is 1. The molecule has 5 nitrogen and oxygen atoms in total. The lowest BCUT2D eigenvalue weighted by Crippen LogP contribution is -2.32. The molecule has 1 aromatic heterocycles. The standard InChI is InChI=1S/C16H32N4O/c1-8-17-15(13(4)12(2)3)16-14(21-7)11-18-20(16)10-9-19(5)6/h11-13,15,17H,8-10H2,1-7H3. The molecule has 122 valence electrons. The number of hydrogen-bond acceptors (Lipinski definition) is 4. The highest BCUT2D eigenvalue weighted by Gasteiger charge is 2.28. The minimum Gasteiger partial charge on any atom is -0.493 e. The lowest BCUT2D eigenvalue weighted by atomic mass is 9.88. The zero-order valence-electron chi connectivity index (χ0n) is 14.7. The van der Waals surface area contributed by atoms with Gasteiger partial charge in [-0.05, 0) is 32.5 Å². The minimum atomic E-state index is 0.259. The van der Waals surface area contributed by atoms with Crippen LogP contribution in [0.15, 0.2) is 6.20 Å².